The van der Waals surface area contributed by atoms with Crippen molar-refractivity contribution in [3.8, 4) is 0 Å². The fourth-order valence-electron chi connectivity index (χ4n) is 3.09. The number of hydrogen-bond donors (Lipinski definition) is 1. The van der Waals surface area contributed by atoms with Gasteiger partial charge in [0.2, 0.25) is 0 Å². The topological polar surface area (TPSA) is 29.9 Å². The first-order chi connectivity index (χ1) is 8.90. The molecule has 2 atom stereocenters. The highest BCUT2D eigenvalue weighted by molar-refractivity contribution is 4.80. The Labute approximate surface area is 111 Å². The van der Waals surface area contributed by atoms with Crippen LogP contribution in [0.2, 0.25) is 0 Å². The molecular weight excluding hydrogens is 222 g/mol. The zero-order valence-electron chi connectivity index (χ0n) is 11.6. The molecule has 1 fully saturated rings. The van der Waals surface area contributed by atoms with E-state index in [9.17, 15) is 0 Å². The number of imidazole rings is 1. The molecule has 1 aromatic heterocycles. The number of aryl methyl sites for hydroxylation is 1. The molecule has 1 aliphatic rings. The van der Waals surface area contributed by atoms with Gasteiger partial charge in [0.15, 0.2) is 0 Å². The summed E-state index contributed by atoms with van der Waals surface area (Å²) >= 11 is 0. The minimum absolute atomic E-state index is 0.789. The number of rotatable bonds is 7. The summed E-state index contributed by atoms with van der Waals surface area (Å²) in [7, 11) is 0. The van der Waals surface area contributed by atoms with E-state index in [-0.39, 0.29) is 0 Å². The quantitative estimate of drug-likeness (QED) is 0.752. The zero-order valence-corrected chi connectivity index (χ0v) is 11.6. The summed E-state index contributed by atoms with van der Waals surface area (Å²) in [5.74, 6) is 0.924. The highest BCUT2D eigenvalue weighted by Gasteiger charge is 2.22. The predicted octanol–water partition coefficient (Wildman–Crippen LogP) is 3.22. The Hall–Kier alpha value is -0.830. The Morgan fingerprint density at radius 2 is 2.17 bits per heavy atom. The van der Waals surface area contributed by atoms with Crippen molar-refractivity contribution in [2.24, 2.45) is 5.92 Å². The average molecular weight is 249 g/mol. The van der Waals surface area contributed by atoms with E-state index in [0.717, 1.165) is 18.5 Å². The molecule has 1 aromatic rings. The highest BCUT2D eigenvalue weighted by atomic mass is 15.0. The molecule has 18 heavy (non-hydrogen) atoms. The van der Waals surface area contributed by atoms with E-state index in [1.807, 2.05) is 18.7 Å². The fourth-order valence-corrected chi connectivity index (χ4v) is 3.09. The number of unbranched alkanes of at least 4 members (excludes halogenated alkanes) is 1. The van der Waals surface area contributed by atoms with Gasteiger partial charge in [-0.15, -0.1) is 0 Å². The minimum Gasteiger partial charge on any atom is -0.337 e. The van der Waals surface area contributed by atoms with Crippen LogP contribution in [-0.2, 0) is 6.54 Å². The highest BCUT2D eigenvalue weighted by Crippen LogP contribution is 2.26. The Kier molecular flexibility index (Phi) is 5.72. The SMILES string of the molecule is CCC1CCCCC1NCCCCn1ccnc1. The van der Waals surface area contributed by atoms with Gasteiger partial charge < -0.3 is 9.88 Å². The monoisotopic (exact) mass is 249 g/mol. The molecule has 0 aliphatic heterocycles. The van der Waals surface area contributed by atoms with E-state index in [0.29, 0.717) is 0 Å². The smallest absolute Gasteiger partial charge is 0.0945 e. The molecule has 102 valence electrons. The van der Waals surface area contributed by atoms with Gasteiger partial charge in [-0.05, 0) is 38.1 Å². The fraction of sp³-hybridized carbons (Fsp3) is 0.800. The summed E-state index contributed by atoms with van der Waals surface area (Å²) < 4.78 is 2.16. The van der Waals surface area contributed by atoms with Gasteiger partial charge in [-0.2, -0.15) is 0 Å². The summed E-state index contributed by atoms with van der Waals surface area (Å²) in [4.78, 5) is 4.06. The van der Waals surface area contributed by atoms with Crippen LogP contribution in [0.5, 0.6) is 0 Å². The molecule has 1 saturated carbocycles. The molecule has 0 bridgehead atoms. The molecule has 0 saturated heterocycles. The average Bonchev–Trinajstić information content (AvgIpc) is 2.92. The van der Waals surface area contributed by atoms with Gasteiger partial charge in [-0.1, -0.05) is 26.2 Å². The first kappa shape index (κ1) is 13.6. The van der Waals surface area contributed by atoms with Crippen LogP contribution in [0.1, 0.15) is 51.9 Å². The van der Waals surface area contributed by atoms with Crippen molar-refractivity contribution in [3.05, 3.63) is 18.7 Å². The lowest BCUT2D eigenvalue weighted by atomic mass is 9.83. The lowest BCUT2D eigenvalue weighted by Gasteiger charge is -2.31. The number of aromatic nitrogens is 2. The van der Waals surface area contributed by atoms with Gasteiger partial charge in [0.25, 0.3) is 0 Å². The first-order valence-corrected chi connectivity index (χ1v) is 7.59. The van der Waals surface area contributed by atoms with Crippen LogP contribution < -0.4 is 5.32 Å². The van der Waals surface area contributed by atoms with Gasteiger partial charge in [0, 0.05) is 25.0 Å². The van der Waals surface area contributed by atoms with E-state index in [2.05, 4.69) is 21.8 Å². The standard InChI is InChI=1S/C15H27N3/c1-2-14-7-3-4-8-15(14)17-9-5-6-11-18-12-10-16-13-18/h10,12-15,17H,2-9,11H2,1H3. The second-order valence-corrected chi connectivity index (χ2v) is 5.52. The summed E-state index contributed by atoms with van der Waals surface area (Å²) in [5, 5.41) is 3.78. The maximum absolute atomic E-state index is 4.06. The molecule has 1 heterocycles. The molecule has 2 unspecified atom stereocenters. The van der Waals surface area contributed by atoms with Crippen molar-refractivity contribution in [3.63, 3.8) is 0 Å². The molecule has 2 rings (SSSR count). The van der Waals surface area contributed by atoms with Gasteiger partial charge in [-0.25, -0.2) is 4.98 Å². The molecule has 0 amide bonds. The maximum atomic E-state index is 4.06. The van der Waals surface area contributed by atoms with Gasteiger partial charge in [0.1, 0.15) is 0 Å². The van der Waals surface area contributed by atoms with Crippen molar-refractivity contribution in [1.82, 2.24) is 14.9 Å². The molecular formula is C15H27N3. The normalized spacial score (nSPS) is 24.3. The van der Waals surface area contributed by atoms with Crippen LogP contribution in [0.4, 0.5) is 0 Å². The molecule has 1 N–H and O–H groups in total. The van der Waals surface area contributed by atoms with Crippen LogP contribution in [0.25, 0.3) is 0 Å². The van der Waals surface area contributed by atoms with Gasteiger partial charge in [0.05, 0.1) is 6.33 Å². The third-order valence-corrected chi connectivity index (χ3v) is 4.24. The molecule has 0 aromatic carbocycles. The molecule has 0 spiro atoms. The van der Waals surface area contributed by atoms with Crippen molar-refractivity contribution in [1.29, 1.82) is 0 Å². The van der Waals surface area contributed by atoms with Crippen molar-refractivity contribution in [2.75, 3.05) is 6.54 Å². The van der Waals surface area contributed by atoms with E-state index in [1.165, 1.54) is 51.5 Å². The number of hydrogen-bond acceptors (Lipinski definition) is 2. The zero-order chi connectivity index (χ0) is 12.6. The molecule has 0 radical (unpaired) electrons. The molecule has 3 heteroatoms. The van der Waals surface area contributed by atoms with Crippen LogP contribution in [0.15, 0.2) is 18.7 Å². The van der Waals surface area contributed by atoms with E-state index < -0.39 is 0 Å². The van der Waals surface area contributed by atoms with Crippen molar-refractivity contribution >= 4 is 0 Å². The van der Waals surface area contributed by atoms with E-state index >= 15 is 0 Å². The van der Waals surface area contributed by atoms with Crippen molar-refractivity contribution in [2.45, 2.75) is 64.5 Å². The molecule has 1 aliphatic carbocycles. The Morgan fingerprint density at radius 1 is 1.28 bits per heavy atom. The third-order valence-electron chi connectivity index (χ3n) is 4.24. The Bertz CT molecular complexity index is 308. The minimum atomic E-state index is 0.789. The lowest BCUT2D eigenvalue weighted by Crippen LogP contribution is -2.38. The Balaban J connectivity index is 1.57. The second-order valence-electron chi connectivity index (χ2n) is 5.52. The van der Waals surface area contributed by atoms with E-state index in [4.69, 9.17) is 0 Å². The third kappa shape index (κ3) is 4.13. The Morgan fingerprint density at radius 3 is 2.94 bits per heavy atom. The van der Waals surface area contributed by atoms with Crippen LogP contribution >= 0.6 is 0 Å². The molecule has 3 nitrogen and oxygen atoms in total. The van der Waals surface area contributed by atoms with Crippen molar-refractivity contribution < 1.29 is 0 Å². The summed E-state index contributed by atoms with van der Waals surface area (Å²) in [6, 6.07) is 0.789. The summed E-state index contributed by atoms with van der Waals surface area (Å²) in [6.07, 6.45) is 15.3. The van der Waals surface area contributed by atoms with Crippen LogP contribution in [-0.4, -0.2) is 22.1 Å². The van der Waals surface area contributed by atoms with Crippen LogP contribution in [0.3, 0.4) is 0 Å². The van der Waals surface area contributed by atoms with Gasteiger partial charge in [-0.3, -0.25) is 0 Å². The van der Waals surface area contributed by atoms with Gasteiger partial charge >= 0.3 is 0 Å². The summed E-state index contributed by atoms with van der Waals surface area (Å²) in [6.45, 7) is 4.61. The van der Waals surface area contributed by atoms with E-state index in [1.54, 1.807) is 0 Å². The second kappa shape index (κ2) is 7.57. The first-order valence-electron chi connectivity index (χ1n) is 7.59. The summed E-state index contributed by atoms with van der Waals surface area (Å²) in [5.41, 5.74) is 0. The predicted molar refractivity (Wildman–Crippen MR) is 75.5 cm³/mol. The number of nitrogens with zero attached hydrogens (tertiary/aromatic N) is 2. The van der Waals surface area contributed by atoms with Crippen LogP contribution in [0, 0.1) is 5.92 Å². The largest absolute Gasteiger partial charge is 0.337 e. The lowest BCUT2D eigenvalue weighted by molar-refractivity contribution is 0.255. The number of nitrogens with one attached hydrogen (secondary N) is 1. The maximum Gasteiger partial charge on any atom is 0.0945 e.